The molecule has 0 radical (unpaired) electrons. The third-order valence-electron chi connectivity index (χ3n) is 5.74. The SMILES string of the molecule is COc1ccc([C@H]2CC(=O)c3cnc4c(-c5ccccc5)c(C)nn4c3C2)cc1. The molecule has 0 fully saturated rings. The molecular weight excluding hydrogens is 362 g/mol. The summed E-state index contributed by atoms with van der Waals surface area (Å²) in [6.07, 6.45) is 2.96. The van der Waals surface area contributed by atoms with Crippen molar-refractivity contribution >= 4 is 11.4 Å². The van der Waals surface area contributed by atoms with Gasteiger partial charge < -0.3 is 4.74 Å². The van der Waals surface area contributed by atoms with Crippen LogP contribution in [0, 0.1) is 6.92 Å². The van der Waals surface area contributed by atoms with Crippen molar-refractivity contribution < 1.29 is 9.53 Å². The summed E-state index contributed by atoms with van der Waals surface area (Å²) in [6.45, 7) is 2.00. The quantitative estimate of drug-likeness (QED) is 0.518. The molecule has 0 saturated carbocycles. The molecule has 29 heavy (non-hydrogen) atoms. The normalized spacial score (nSPS) is 16.1. The van der Waals surface area contributed by atoms with Gasteiger partial charge in [0.2, 0.25) is 0 Å². The standard InChI is InChI=1S/C24H21N3O2/c1-15-23(17-6-4-3-5-7-17)24-25-14-20-21(27(24)26-15)12-18(13-22(20)28)16-8-10-19(29-2)11-9-16/h3-11,14,18H,12-13H2,1-2H3/t18-/m1/s1. The fraction of sp³-hybridized carbons (Fsp3) is 0.208. The van der Waals surface area contributed by atoms with Crippen molar-refractivity contribution in [1.82, 2.24) is 14.6 Å². The van der Waals surface area contributed by atoms with Crippen molar-refractivity contribution in [2.45, 2.75) is 25.7 Å². The van der Waals surface area contributed by atoms with E-state index < -0.39 is 0 Å². The van der Waals surface area contributed by atoms with Gasteiger partial charge in [-0.1, -0.05) is 42.5 Å². The Morgan fingerprint density at radius 2 is 1.79 bits per heavy atom. The van der Waals surface area contributed by atoms with Crippen LogP contribution in [0.3, 0.4) is 0 Å². The molecule has 5 nitrogen and oxygen atoms in total. The lowest BCUT2D eigenvalue weighted by Gasteiger charge is -2.24. The smallest absolute Gasteiger partial charge is 0.166 e. The highest BCUT2D eigenvalue weighted by atomic mass is 16.5. The van der Waals surface area contributed by atoms with Crippen LogP contribution < -0.4 is 4.74 Å². The molecule has 1 aliphatic rings. The summed E-state index contributed by atoms with van der Waals surface area (Å²) in [5.41, 5.74) is 6.59. The maximum Gasteiger partial charge on any atom is 0.166 e. The Kier molecular flexibility index (Phi) is 4.16. The van der Waals surface area contributed by atoms with Gasteiger partial charge in [-0.15, -0.1) is 0 Å². The van der Waals surface area contributed by atoms with Gasteiger partial charge in [-0.05, 0) is 42.5 Å². The van der Waals surface area contributed by atoms with E-state index in [9.17, 15) is 4.79 Å². The Morgan fingerprint density at radius 3 is 2.52 bits per heavy atom. The van der Waals surface area contributed by atoms with Crippen molar-refractivity contribution in [3.8, 4) is 16.9 Å². The lowest BCUT2D eigenvalue weighted by Crippen LogP contribution is -2.22. The molecule has 0 saturated heterocycles. The number of benzene rings is 2. The average Bonchev–Trinajstić information content (AvgIpc) is 3.10. The molecule has 0 unspecified atom stereocenters. The number of methoxy groups -OCH3 is 1. The fourth-order valence-electron chi connectivity index (χ4n) is 4.26. The molecule has 0 spiro atoms. The number of hydrogen-bond donors (Lipinski definition) is 0. The van der Waals surface area contributed by atoms with Crippen molar-refractivity contribution in [3.05, 3.63) is 83.3 Å². The second-order valence-electron chi connectivity index (χ2n) is 7.48. The summed E-state index contributed by atoms with van der Waals surface area (Å²) in [5.74, 6) is 1.06. The monoisotopic (exact) mass is 383 g/mol. The first-order valence-corrected chi connectivity index (χ1v) is 9.75. The summed E-state index contributed by atoms with van der Waals surface area (Å²) >= 11 is 0. The van der Waals surface area contributed by atoms with Crippen molar-refractivity contribution in [2.75, 3.05) is 7.11 Å². The highest BCUT2D eigenvalue weighted by molar-refractivity contribution is 5.99. The van der Waals surface area contributed by atoms with Crippen LogP contribution in [0.1, 0.15) is 39.6 Å². The molecule has 0 amide bonds. The molecule has 2 aromatic heterocycles. The summed E-state index contributed by atoms with van der Waals surface area (Å²) in [4.78, 5) is 17.5. The molecule has 2 heterocycles. The second-order valence-corrected chi connectivity index (χ2v) is 7.48. The molecule has 4 aromatic rings. The van der Waals surface area contributed by atoms with Crippen molar-refractivity contribution in [3.63, 3.8) is 0 Å². The largest absolute Gasteiger partial charge is 0.497 e. The number of aromatic nitrogens is 3. The minimum Gasteiger partial charge on any atom is -0.497 e. The van der Waals surface area contributed by atoms with E-state index in [0.717, 1.165) is 45.9 Å². The molecule has 0 N–H and O–H groups in total. The first kappa shape index (κ1) is 17.6. The number of carbonyl (C=O) groups is 1. The third-order valence-corrected chi connectivity index (χ3v) is 5.74. The van der Waals surface area contributed by atoms with Crippen molar-refractivity contribution in [1.29, 1.82) is 0 Å². The number of hydrogen-bond acceptors (Lipinski definition) is 4. The molecule has 5 rings (SSSR count). The van der Waals surface area contributed by atoms with E-state index in [0.29, 0.717) is 12.0 Å². The van der Waals surface area contributed by atoms with E-state index in [2.05, 4.69) is 17.1 Å². The lowest BCUT2D eigenvalue weighted by atomic mass is 9.82. The van der Waals surface area contributed by atoms with Crippen molar-refractivity contribution in [2.24, 2.45) is 0 Å². The van der Waals surface area contributed by atoms with Gasteiger partial charge in [0.25, 0.3) is 0 Å². The number of aryl methyl sites for hydroxylation is 1. The van der Waals surface area contributed by atoms with E-state index >= 15 is 0 Å². The highest BCUT2D eigenvalue weighted by Gasteiger charge is 2.30. The zero-order chi connectivity index (χ0) is 20.0. The predicted molar refractivity (Wildman–Crippen MR) is 112 cm³/mol. The zero-order valence-electron chi connectivity index (χ0n) is 16.4. The maximum absolute atomic E-state index is 12.9. The number of rotatable bonds is 3. The van der Waals surface area contributed by atoms with E-state index in [1.807, 2.05) is 53.9 Å². The van der Waals surface area contributed by atoms with Gasteiger partial charge in [0.1, 0.15) is 5.75 Å². The molecule has 2 aromatic carbocycles. The van der Waals surface area contributed by atoms with E-state index in [1.165, 1.54) is 0 Å². The van der Waals surface area contributed by atoms with Crippen LogP contribution in [-0.4, -0.2) is 27.5 Å². The van der Waals surface area contributed by atoms with Crippen LogP contribution in [0.15, 0.2) is 60.8 Å². The van der Waals surface area contributed by atoms with Gasteiger partial charge in [-0.2, -0.15) is 5.10 Å². The Balaban J connectivity index is 1.62. The second kappa shape index (κ2) is 6.85. The molecule has 1 atom stereocenters. The number of carbonyl (C=O) groups excluding carboxylic acids is 1. The first-order chi connectivity index (χ1) is 14.2. The van der Waals surface area contributed by atoms with E-state index in [4.69, 9.17) is 9.84 Å². The fourth-order valence-corrected chi connectivity index (χ4v) is 4.26. The first-order valence-electron chi connectivity index (χ1n) is 9.75. The molecular formula is C24H21N3O2. The molecule has 0 bridgehead atoms. The van der Waals surface area contributed by atoms with Crippen LogP contribution in [0.2, 0.25) is 0 Å². The van der Waals surface area contributed by atoms with Gasteiger partial charge >= 0.3 is 0 Å². The number of Topliss-reactive ketones (excluding diaryl/α,β-unsaturated/α-hetero) is 1. The van der Waals surface area contributed by atoms with Crippen LogP contribution >= 0.6 is 0 Å². The maximum atomic E-state index is 12.9. The van der Waals surface area contributed by atoms with Gasteiger partial charge in [0.15, 0.2) is 11.4 Å². The molecule has 0 aliphatic heterocycles. The van der Waals surface area contributed by atoms with Crippen LogP contribution in [0.4, 0.5) is 0 Å². The topological polar surface area (TPSA) is 56.5 Å². The van der Waals surface area contributed by atoms with Crippen LogP contribution in [0.25, 0.3) is 16.8 Å². The Bertz CT molecular complexity index is 1210. The van der Waals surface area contributed by atoms with Gasteiger partial charge in [-0.25, -0.2) is 9.50 Å². The lowest BCUT2D eigenvalue weighted by molar-refractivity contribution is 0.0962. The Hall–Kier alpha value is -3.47. The number of ketones is 1. The number of nitrogens with zero attached hydrogens (tertiary/aromatic N) is 3. The Labute approximate surface area is 169 Å². The average molecular weight is 383 g/mol. The summed E-state index contributed by atoms with van der Waals surface area (Å²) in [5, 5.41) is 4.77. The molecule has 144 valence electrons. The Morgan fingerprint density at radius 1 is 1.03 bits per heavy atom. The van der Waals surface area contributed by atoms with Crippen LogP contribution in [0.5, 0.6) is 5.75 Å². The third kappa shape index (κ3) is 2.90. The zero-order valence-corrected chi connectivity index (χ0v) is 16.4. The molecule has 1 aliphatic carbocycles. The molecule has 5 heteroatoms. The van der Waals surface area contributed by atoms with E-state index in [-0.39, 0.29) is 11.7 Å². The minimum atomic E-state index is 0.121. The van der Waals surface area contributed by atoms with Gasteiger partial charge in [0.05, 0.1) is 24.1 Å². The summed E-state index contributed by atoms with van der Waals surface area (Å²) < 4.78 is 7.14. The summed E-state index contributed by atoms with van der Waals surface area (Å²) in [7, 11) is 1.66. The van der Waals surface area contributed by atoms with E-state index in [1.54, 1.807) is 13.3 Å². The van der Waals surface area contributed by atoms with Gasteiger partial charge in [-0.3, -0.25) is 4.79 Å². The number of ether oxygens (including phenoxy) is 1. The number of fused-ring (bicyclic) bond motifs is 3. The van der Waals surface area contributed by atoms with Crippen LogP contribution in [-0.2, 0) is 6.42 Å². The van der Waals surface area contributed by atoms with Gasteiger partial charge in [0, 0.05) is 18.2 Å². The highest BCUT2D eigenvalue weighted by Crippen LogP contribution is 2.35. The minimum absolute atomic E-state index is 0.121. The predicted octanol–water partition coefficient (Wildman–Crippen LogP) is 4.63. The summed E-state index contributed by atoms with van der Waals surface area (Å²) in [6, 6.07) is 18.1.